The fourth-order valence-electron chi connectivity index (χ4n) is 3.35. The maximum absolute atomic E-state index is 4.87. The van der Waals surface area contributed by atoms with Gasteiger partial charge in [-0.3, -0.25) is 0 Å². The van der Waals surface area contributed by atoms with Gasteiger partial charge >= 0.3 is 0 Å². The van der Waals surface area contributed by atoms with Gasteiger partial charge in [0.15, 0.2) is 0 Å². The summed E-state index contributed by atoms with van der Waals surface area (Å²) in [5.41, 5.74) is 1.40. The molecule has 2 aliphatic rings. The van der Waals surface area contributed by atoms with Crippen LogP contribution in [0.3, 0.4) is 0 Å². The van der Waals surface area contributed by atoms with Gasteiger partial charge in [-0.1, -0.05) is 12.8 Å². The number of hydrogen-bond donors (Lipinski definition) is 1. The van der Waals surface area contributed by atoms with Gasteiger partial charge in [0.2, 0.25) is 0 Å². The molecule has 2 nitrogen and oxygen atoms in total. The molecule has 1 saturated heterocycles. The van der Waals surface area contributed by atoms with Gasteiger partial charge in [-0.2, -0.15) is 0 Å². The van der Waals surface area contributed by atoms with E-state index in [0.717, 1.165) is 11.8 Å². The number of nitrogens with one attached hydrogen (secondary N) is 1. The van der Waals surface area contributed by atoms with E-state index in [1.165, 1.54) is 75.2 Å². The minimum absolute atomic E-state index is 0.784. The largest absolute Gasteiger partial charge is 0.316 e. The molecule has 0 bridgehead atoms. The maximum atomic E-state index is 4.87. The summed E-state index contributed by atoms with van der Waals surface area (Å²) in [6.45, 7) is 2.44. The van der Waals surface area contributed by atoms with E-state index < -0.39 is 0 Å². The van der Waals surface area contributed by atoms with Crippen LogP contribution in [0.4, 0.5) is 0 Å². The van der Waals surface area contributed by atoms with Gasteiger partial charge in [0.25, 0.3) is 0 Å². The monoisotopic (exact) mass is 264 g/mol. The zero-order chi connectivity index (χ0) is 12.2. The number of nitrogens with zero attached hydrogens (tertiary/aromatic N) is 1. The average Bonchev–Trinajstić information content (AvgIpc) is 3.08. The predicted octanol–water partition coefficient (Wildman–Crippen LogP) is 3.73. The fourth-order valence-corrected chi connectivity index (χ4v) is 4.24. The molecule has 100 valence electrons. The topological polar surface area (TPSA) is 24.9 Å². The lowest BCUT2D eigenvalue weighted by Crippen LogP contribution is -2.29. The van der Waals surface area contributed by atoms with E-state index in [-0.39, 0.29) is 0 Å². The standard InChI is InChI=1S/C15H24N2S/c1-2-6-13(5-1)14-11-18-15(17-14)8-7-12-4-3-9-16-10-12/h11-13,16H,1-10H2. The van der Waals surface area contributed by atoms with E-state index in [0.29, 0.717) is 0 Å². The normalized spacial score (nSPS) is 25.7. The predicted molar refractivity (Wildman–Crippen MR) is 77.2 cm³/mol. The van der Waals surface area contributed by atoms with E-state index in [1.807, 2.05) is 11.3 Å². The van der Waals surface area contributed by atoms with Crippen molar-refractivity contribution < 1.29 is 0 Å². The molecule has 0 amide bonds. The highest BCUT2D eigenvalue weighted by Gasteiger charge is 2.20. The minimum atomic E-state index is 0.784. The van der Waals surface area contributed by atoms with Gasteiger partial charge < -0.3 is 5.32 Å². The van der Waals surface area contributed by atoms with Crippen molar-refractivity contribution in [1.29, 1.82) is 0 Å². The Balaban J connectivity index is 1.50. The molecule has 1 aliphatic heterocycles. The first-order valence-corrected chi connectivity index (χ1v) is 8.45. The third-order valence-electron chi connectivity index (χ3n) is 4.51. The van der Waals surface area contributed by atoms with Crippen molar-refractivity contribution in [2.45, 2.75) is 57.3 Å². The number of piperidine rings is 1. The molecule has 3 heteroatoms. The van der Waals surface area contributed by atoms with Crippen LogP contribution in [0.15, 0.2) is 5.38 Å². The summed E-state index contributed by atoms with van der Waals surface area (Å²) in [5, 5.41) is 7.21. The van der Waals surface area contributed by atoms with Crippen LogP contribution < -0.4 is 5.32 Å². The third-order valence-corrected chi connectivity index (χ3v) is 5.44. The second kappa shape index (κ2) is 6.16. The van der Waals surface area contributed by atoms with E-state index in [2.05, 4.69) is 10.7 Å². The van der Waals surface area contributed by atoms with Crippen molar-refractivity contribution in [3.8, 4) is 0 Å². The van der Waals surface area contributed by atoms with Crippen LogP contribution in [-0.4, -0.2) is 18.1 Å². The Bertz CT molecular complexity index is 362. The third kappa shape index (κ3) is 3.12. The summed E-state index contributed by atoms with van der Waals surface area (Å²) in [4.78, 5) is 4.87. The summed E-state index contributed by atoms with van der Waals surface area (Å²) in [6.07, 6.45) is 10.8. The van der Waals surface area contributed by atoms with E-state index in [4.69, 9.17) is 4.98 Å². The van der Waals surface area contributed by atoms with Gasteiger partial charge in [-0.15, -0.1) is 11.3 Å². The second-order valence-corrected chi connectivity index (χ2v) is 6.84. The van der Waals surface area contributed by atoms with Crippen LogP contribution in [0.1, 0.15) is 61.6 Å². The van der Waals surface area contributed by atoms with Crippen LogP contribution in [0.25, 0.3) is 0 Å². The lowest BCUT2D eigenvalue weighted by atomic mass is 9.95. The fraction of sp³-hybridized carbons (Fsp3) is 0.800. The van der Waals surface area contributed by atoms with E-state index in [9.17, 15) is 0 Å². The number of aryl methyl sites for hydroxylation is 1. The Morgan fingerprint density at radius 3 is 2.89 bits per heavy atom. The summed E-state index contributed by atoms with van der Waals surface area (Å²) in [6, 6.07) is 0. The minimum Gasteiger partial charge on any atom is -0.316 e. The Hall–Kier alpha value is -0.410. The van der Waals surface area contributed by atoms with Crippen molar-refractivity contribution in [1.82, 2.24) is 10.3 Å². The van der Waals surface area contributed by atoms with Crippen molar-refractivity contribution in [3.63, 3.8) is 0 Å². The van der Waals surface area contributed by atoms with E-state index in [1.54, 1.807) is 0 Å². The Morgan fingerprint density at radius 1 is 1.22 bits per heavy atom. The molecule has 1 unspecified atom stereocenters. The summed E-state index contributed by atoms with van der Waals surface area (Å²) in [5.74, 6) is 1.67. The van der Waals surface area contributed by atoms with Crippen molar-refractivity contribution in [2.24, 2.45) is 5.92 Å². The number of thiazole rings is 1. The van der Waals surface area contributed by atoms with Gasteiger partial charge in [-0.25, -0.2) is 4.98 Å². The molecule has 3 rings (SSSR count). The number of hydrogen-bond acceptors (Lipinski definition) is 3. The molecule has 2 fully saturated rings. The highest BCUT2D eigenvalue weighted by molar-refractivity contribution is 7.09. The van der Waals surface area contributed by atoms with E-state index >= 15 is 0 Å². The van der Waals surface area contributed by atoms with Gasteiger partial charge in [0.1, 0.15) is 0 Å². The lowest BCUT2D eigenvalue weighted by molar-refractivity contribution is 0.358. The first-order valence-electron chi connectivity index (χ1n) is 7.57. The van der Waals surface area contributed by atoms with Crippen LogP contribution in [0.5, 0.6) is 0 Å². The molecular formula is C15H24N2S. The highest BCUT2D eigenvalue weighted by atomic mass is 32.1. The highest BCUT2D eigenvalue weighted by Crippen LogP contribution is 2.34. The molecule has 1 N–H and O–H groups in total. The van der Waals surface area contributed by atoms with Gasteiger partial charge in [0.05, 0.1) is 10.7 Å². The molecular weight excluding hydrogens is 240 g/mol. The zero-order valence-electron chi connectivity index (χ0n) is 11.2. The van der Waals surface area contributed by atoms with Gasteiger partial charge in [0, 0.05) is 11.3 Å². The molecule has 0 spiro atoms. The Morgan fingerprint density at radius 2 is 2.11 bits per heavy atom. The molecule has 1 aromatic rings. The molecule has 18 heavy (non-hydrogen) atoms. The van der Waals surface area contributed by atoms with Crippen LogP contribution in [-0.2, 0) is 6.42 Å². The SMILES string of the molecule is c1sc(CCC2CCCNC2)nc1C1CCCC1. The molecule has 0 radical (unpaired) electrons. The summed E-state index contributed by atoms with van der Waals surface area (Å²) >= 11 is 1.89. The Kier molecular flexibility index (Phi) is 4.32. The molecule has 2 heterocycles. The van der Waals surface area contributed by atoms with Gasteiger partial charge in [-0.05, 0) is 57.5 Å². The molecule has 0 aromatic carbocycles. The first-order chi connectivity index (χ1) is 8.92. The zero-order valence-corrected chi connectivity index (χ0v) is 12.0. The summed E-state index contributed by atoms with van der Waals surface area (Å²) in [7, 11) is 0. The van der Waals surface area contributed by atoms with Crippen molar-refractivity contribution >= 4 is 11.3 Å². The molecule has 1 aromatic heterocycles. The first kappa shape index (κ1) is 12.6. The quantitative estimate of drug-likeness (QED) is 0.896. The average molecular weight is 264 g/mol. The van der Waals surface area contributed by atoms with Crippen LogP contribution in [0, 0.1) is 5.92 Å². The maximum Gasteiger partial charge on any atom is 0.0928 e. The van der Waals surface area contributed by atoms with Crippen LogP contribution >= 0.6 is 11.3 Å². The molecule has 1 aliphatic carbocycles. The lowest BCUT2D eigenvalue weighted by Gasteiger charge is -2.22. The smallest absolute Gasteiger partial charge is 0.0928 e. The number of aromatic nitrogens is 1. The summed E-state index contributed by atoms with van der Waals surface area (Å²) < 4.78 is 0. The second-order valence-electron chi connectivity index (χ2n) is 5.90. The van der Waals surface area contributed by atoms with Crippen LogP contribution in [0.2, 0.25) is 0 Å². The Labute approximate surface area is 114 Å². The van der Waals surface area contributed by atoms with Crippen molar-refractivity contribution in [3.05, 3.63) is 16.1 Å². The van der Waals surface area contributed by atoms with Crippen molar-refractivity contribution in [2.75, 3.05) is 13.1 Å². The molecule has 1 saturated carbocycles. The number of rotatable bonds is 4. The molecule has 1 atom stereocenters.